The van der Waals surface area contributed by atoms with Crippen LogP contribution in [0, 0.1) is 41.4 Å². The van der Waals surface area contributed by atoms with Crippen molar-refractivity contribution < 1.29 is 77.1 Å². The molecule has 6 aliphatic rings. The van der Waals surface area contributed by atoms with Crippen LogP contribution in [0.2, 0.25) is 0 Å². The number of hydrogen-bond acceptors (Lipinski definition) is 15. The van der Waals surface area contributed by atoms with Crippen molar-refractivity contribution in [2.45, 2.75) is 220 Å². The topological polar surface area (TPSA) is 291 Å². The molecule has 0 aromatic rings. The SMILES string of the molecule is CC(=O)[C@@H]1C[C@@H]2CCC[C@@H]2N1.CCOC(C)=O.CC[C@H](C)[C@H](CC(=O)OC)C(=O)O.CC[C@H](C)[C@H](NC(=O)OC)C(=O)N1[C@H](C(=O)O)C[C@@H]2CCC[C@@H]21.CC[C@H](C)[C@H](NC(=O)OC)C(=O)N1[C@H](C(C)=O)C[C@@H]2CCC[C@@H]21.Cl. The van der Waals surface area contributed by atoms with Crippen molar-refractivity contribution in [1.82, 2.24) is 25.8 Å². The minimum atomic E-state index is -0.964. The number of halogens is 1. The first-order valence-electron chi connectivity index (χ1n) is 27.6. The van der Waals surface area contributed by atoms with Gasteiger partial charge in [-0.05, 0) is 114 Å². The number of methoxy groups -OCH3 is 3. The summed E-state index contributed by atoms with van der Waals surface area (Å²) in [4.78, 5) is 119. The van der Waals surface area contributed by atoms with Crippen molar-refractivity contribution >= 4 is 71.9 Å². The Kier molecular flexibility index (Phi) is 31.6. The molecule has 5 N–H and O–H groups in total. The highest BCUT2D eigenvalue weighted by molar-refractivity contribution is 5.93. The maximum atomic E-state index is 13.2. The number of likely N-dealkylation sites (tertiary alicyclic amines) is 2. The number of aliphatic carboxylic acids is 2. The molecule has 0 unspecified atom stereocenters. The molecule has 6 rings (SSSR count). The number of carboxylic acid groups (broad SMARTS) is 2. The number of ether oxygens (including phenoxy) is 4. The Labute approximate surface area is 462 Å². The summed E-state index contributed by atoms with van der Waals surface area (Å²) in [5.74, 6) is -1.92. The van der Waals surface area contributed by atoms with E-state index in [0.29, 0.717) is 37.2 Å². The van der Waals surface area contributed by atoms with E-state index in [1.165, 1.54) is 52.4 Å². The van der Waals surface area contributed by atoms with Gasteiger partial charge in [0.25, 0.3) is 0 Å². The molecule has 22 heteroatoms. The van der Waals surface area contributed by atoms with Crippen LogP contribution in [0.5, 0.6) is 0 Å². The van der Waals surface area contributed by atoms with Gasteiger partial charge in [-0.25, -0.2) is 14.4 Å². The molecule has 3 aliphatic carbocycles. The Morgan fingerprint density at radius 1 is 0.584 bits per heavy atom. The number of nitrogens with one attached hydrogen (secondary N) is 3. The number of carboxylic acids is 2. The fourth-order valence-electron chi connectivity index (χ4n) is 11.6. The lowest BCUT2D eigenvalue weighted by molar-refractivity contribution is -0.151. The van der Waals surface area contributed by atoms with Crippen molar-refractivity contribution in [3.05, 3.63) is 0 Å². The second kappa shape index (κ2) is 34.8. The van der Waals surface area contributed by atoms with Crippen LogP contribution < -0.4 is 16.0 Å². The van der Waals surface area contributed by atoms with Crippen molar-refractivity contribution in [2.75, 3.05) is 27.9 Å². The molecule has 3 saturated heterocycles. The number of esters is 2. The number of carbonyl (C=O) groups is 10. The molecule has 3 saturated carbocycles. The van der Waals surface area contributed by atoms with Gasteiger partial charge < -0.3 is 54.9 Å². The zero-order valence-corrected chi connectivity index (χ0v) is 48.9. The van der Waals surface area contributed by atoms with Crippen molar-refractivity contribution in [1.29, 1.82) is 0 Å². The molecule has 4 amide bonds. The minimum absolute atomic E-state index is 0. The number of nitrogens with zero attached hydrogens (tertiary/aromatic N) is 2. The number of Topliss-reactive ketones (excluding diaryl/α,β-unsaturated/α-hetero) is 2. The van der Waals surface area contributed by atoms with E-state index in [1.54, 1.807) is 25.7 Å². The third-order valence-electron chi connectivity index (χ3n) is 16.5. The molecule has 442 valence electrons. The first-order chi connectivity index (χ1) is 35.9. The highest BCUT2D eigenvalue weighted by Crippen LogP contribution is 2.43. The lowest BCUT2D eigenvalue weighted by atomic mass is 9.89. The first-order valence-corrected chi connectivity index (χ1v) is 27.6. The number of fused-ring (bicyclic) bond motifs is 3. The average molecular weight is 1120 g/mol. The maximum Gasteiger partial charge on any atom is 0.407 e. The van der Waals surface area contributed by atoms with Gasteiger partial charge in [0.15, 0.2) is 5.78 Å². The Morgan fingerprint density at radius 3 is 1.38 bits per heavy atom. The number of hydrogen-bond donors (Lipinski definition) is 5. The molecule has 6 fully saturated rings. The third-order valence-corrected chi connectivity index (χ3v) is 16.5. The van der Waals surface area contributed by atoms with Crippen LogP contribution in [-0.4, -0.2) is 156 Å². The van der Waals surface area contributed by atoms with Crippen LogP contribution >= 0.6 is 12.4 Å². The smallest absolute Gasteiger partial charge is 0.407 e. The number of rotatable bonds is 17. The summed E-state index contributed by atoms with van der Waals surface area (Å²) in [6.45, 7) is 18.3. The summed E-state index contributed by atoms with van der Waals surface area (Å²) in [5, 5.41) is 27.0. The van der Waals surface area contributed by atoms with Gasteiger partial charge in [0, 0.05) is 25.0 Å². The molecule has 77 heavy (non-hydrogen) atoms. The highest BCUT2D eigenvalue weighted by atomic mass is 35.5. The second-order valence-corrected chi connectivity index (χ2v) is 21.4. The van der Waals surface area contributed by atoms with Gasteiger partial charge in [-0.3, -0.25) is 33.6 Å². The number of ketones is 2. The predicted molar refractivity (Wildman–Crippen MR) is 289 cm³/mol. The van der Waals surface area contributed by atoms with Crippen LogP contribution in [-0.2, 0) is 57.3 Å². The van der Waals surface area contributed by atoms with Gasteiger partial charge in [0.1, 0.15) is 23.9 Å². The largest absolute Gasteiger partial charge is 0.481 e. The van der Waals surface area contributed by atoms with Gasteiger partial charge in [0.05, 0.1) is 52.4 Å². The van der Waals surface area contributed by atoms with E-state index in [0.717, 1.165) is 70.1 Å². The minimum Gasteiger partial charge on any atom is -0.481 e. The zero-order chi connectivity index (χ0) is 57.6. The van der Waals surface area contributed by atoms with Crippen LogP contribution in [0.1, 0.15) is 172 Å². The molecule has 15 atom stereocenters. The monoisotopic (exact) mass is 1120 g/mol. The lowest BCUT2D eigenvalue weighted by Crippen LogP contribution is -2.56. The normalized spacial score (nSPS) is 26.4. The summed E-state index contributed by atoms with van der Waals surface area (Å²) >= 11 is 0. The molecule has 3 heterocycles. The summed E-state index contributed by atoms with van der Waals surface area (Å²) in [6, 6.07) is -1.55. The van der Waals surface area contributed by atoms with Gasteiger partial charge in [0.2, 0.25) is 11.8 Å². The first kappa shape index (κ1) is 70.0. The molecule has 21 nitrogen and oxygen atoms in total. The fraction of sp³-hybridized carbons (Fsp3) is 0.818. The van der Waals surface area contributed by atoms with Gasteiger partial charge in [-0.15, -0.1) is 12.4 Å². The van der Waals surface area contributed by atoms with E-state index in [9.17, 15) is 53.1 Å². The van der Waals surface area contributed by atoms with E-state index in [1.807, 2.05) is 41.5 Å². The van der Waals surface area contributed by atoms with E-state index in [-0.39, 0.29) is 90.2 Å². The summed E-state index contributed by atoms with van der Waals surface area (Å²) < 4.78 is 18.1. The molecule has 0 bridgehead atoms. The van der Waals surface area contributed by atoms with Crippen LogP contribution in [0.3, 0.4) is 0 Å². The molecular weight excluding hydrogens is 1020 g/mol. The van der Waals surface area contributed by atoms with Crippen LogP contribution in [0.25, 0.3) is 0 Å². The average Bonchev–Trinajstić information content (AvgIpc) is 4.25. The number of carbonyl (C=O) groups excluding carboxylic acids is 8. The summed E-state index contributed by atoms with van der Waals surface area (Å²) in [5.41, 5.74) is 0. The number of amides is 4. The molecular formula is C55H94ClN5O16. The molecule has 0 radical (unpaired) electrons. The van der Waals surface area contributed by atoms with E-state index >= 15 is 0 Å². The summed E-state index contributed by atoms with van der Waals surface area (Å²) in [6.07, 6.45) is 13.2. The van der Waals surface area contributed by atoms with E-state index in [4.69, 9.17) is 5.11 Å². The molecule has 0 aromatic carbocycles. The Balaban J connectivity index is 0.000000512. The Morgan fingerprint density at radius 2 is 1.03 bits per heavy atom. The standard InChI is InChI=1S/C17H28N2O4.C16H26N2O5.C9H15NO.C9H16O4.C4H8O2.ClH/c1-5-10(2)15(18-17(22)23-4)16(21)19-13-8-6-7-12(13)9-14(19)11(3)20;1-4-9(2)13(17-16(22)23-3)14(19)18-11-7-5-6-10(11)8-12(18)15(20)21;1-6(11)9-5-7-3-2-4-8(7)10-9;1-4-6(2)7(9(11)12)5-8(10)13-3;1-3-6-4(2)5;/h10,12-15H,5-9H2,1-4H3,(H,18,22);9-13H,4-8H2,1-3H3,(H,17,22)(H,20,21);7-10H,2-5H2,1H3;6-7H,4-5H2,1-3H3,(H,11,12);3H2,1-2H3;1H/t10-,12-,13-,14-,15-;9-,10-,11-,12-,13-;7-,8-,9-;6-,7-;;/m0000../s1. The second-order valence-electron chi connectivity index (χ2n) is 21.4. The van der Waals surface area contributed by atoms with E-state index in [2.05, 4.69) is 34.9 Å². The fourth-order valence-corrected chi connectivity index (χ4v) is 11.6. The maximum absolute atomic E-state index is 13.2. The Hall–Kier alpha value is -5.05. The molecule has 3 aliphatic heterocycles. The van der Waals surface area contributed by atoms with Crippen molar-refractivity contribution in [2.24, 2.45) is 41.4 Å². The third kappa shape index (κ3) is 20.6. The van der Waals surface area contributed by atoms with Crippen molar-refractivity contribution in [3.63, 3.8) is 0 Å². The molecule has 0 aromatic heterocycles. The van der Waals surface area contributed by atoms with Crippen LogP contribution in [0.4, 0.5) is 9.59 Å². The number of alkyl carbamates (subject to hydrolysis) is 2. The van der Waals surface area contributed by atoms with Crippen LogP contribution in [0.15, 0.2) is 0 Å². The van der Waals surface area contributed by atoms with Crippen molar-refractivity contribution in [3.8, 4) is 0 Å². The molecule has 0 spiro atoms. The van der Waals surface area contributed by atoms with Gasteiger partial charge in [-0.2, -0.15) is 0 Å². The van der Waals surface area contributed by atoms with Gasteiger partial charge >= 0.3 is 36.1 Å². The highest BCUT2D eigenvalue weighted by Gasteiger charge is 2.52. The van der Waals surface area contributed by atoms with Gasteiger partial charge in [-0.1, -0.05) is 80.1 Å². The zero-order valence-electron chi connectivity index (χ0n) is 48.1. The van der Waals surface area contributed by atoms with E-state index < -0.39 is 54.1 Å². The predicted octanol–water partition coefficient (Wildman–Crippen LogP) is 7.12. The quantitative estimate of drug-likeness (QED) is 0.0715. The summed E-state index contributed by atoms with van der Waals surface area (Å²) in [7, 11) is 3.79. The Bertz CT molecular complexity index is 1860. The lowest BCUT2D eigenvalue weighted by Gasteiger charge is -2.34.